The lowest BCUT2D eigenvalue weighted by Crippen LogP contribution is -2.30. The lowest BCUT2D eigenvalue weighted by atomic mass is 10.1. The fourth-order valence-corrected chi connectivity index (χ4v) is 7.07. The number of carbonyl (C=O) groups excluding carboxylic acids is 3. The predicted octanol–water partition coefficient (Wildman–Crippen LogP) is 17.8. The minimum absolute atomic E-state index is 0.108. The van der Waals surface area contributed by atoms with Gasteiger partial charge in [-0.25, -0.2) is 0 Å². The Labute approximate surface area is 400 Å². The Kier molecular flexibility index (Phi) is 50.0. The van der Waals surface area contributed by atoms with Crippen molar-refractivity contribution in [1.29, 1.82) is 0 Å². The molecule has 370 valence electrons. The number of allylic oxidation sites excluding steroid dienone is 16. The molecule has 0 amide bonds. The molecule has 1 atom stereocenters. The van der Waals surface area contributed by atoms with Crippen LogP contribution < -0.4 is 0 Å². The number of ether oxygens (including phenoxy) is 3. The van der Waals surface area contributed by atoms with E-state index in [4.69, 9.17) is 14.2 Å². The number of unbranched alkanes of at least 4 members (excludes halogenated alkanes) is 20. The minimum Gasteiger partial charge on any atom is -0.462 e. The Hall–Kier alpha value is -3.67. The summed E-state index contributed by atoms with van der Waals surface area (Å²) < 4.78 is 16.7. The van der Waals surface area contributed by atoms with Crippen LogP contribution in [0.15, 0.2) is 97.2 Å². The molecule has 0 aromatic carbocycles. The van der Waals surface area contributed by atoms with E-state index in [0.717, 1.165) is 96.3 Å². The van der Waals surface area contributed by atoms with E-state index in [9.17, 15) is 14.4 Å². The molecular formula is C59H98O6. The summed E-state index contributed by atoms with van der Waals surface area (Å²) in [7, 11) is 0. The summed E-state index contributed by atoms with van der Waals surface area (Å²) in [5.74, 6) is -0.996. The maximum absolute atomic E-state index is 12.8. The van der Waals surface area contributed by atoms with Crippen molar-refractivity contribution in [2.24, 2.45) is 0 Å². The SMILES string of the molecule is CC/C=C\C/C=C\C/C=C\C/C=C\C/C=C\CCCCCC(=O)OCC(COC(=O)CCCCCCCCCCCCC)OC(=O)CCC/C=C\C/C=C\C/C=C\CCCCCCCC. The zero-order chi connectivity index (χ0) is 47.2. The molecule has 0 aliphatic heterocycles. The van der Waals surface area contributed by atoms with Gasteiger partial charge in [-0.05, 0) is 96.3 Å². The molecule has 0 N–H and O–H groups in total. The number of hydrogen-bond donors (Lipinski definition) is 0. The summed E-state index contributed by atoms with van der Waals surface area (Å²) in [4.78, 5) is 38.0. The van der Waals surface area contributed by atoms with Gasteiger partial charge in [-0.3, -0.25) is 14.4 Å². The van der Waals surface area contributed by atoms with Crippen LogP contribution in [0, 0.1) is 0 Å². The topological polar surface area (TPSA) is 78.9 Å². The lowest BCUT2D eigenvalue weighted by molar-refractivity contribution is -0.167. The predicted molar refractivity (Wildman–Crippen MR) is 279 cm³/mol. The average molecular weight is 903 g/mol. The molecule has 6 nitrogen and oxygen atoms in total. The molecule has 0 aromatic rings. The molecule has 0 fully saturated rings. The Balaban J connectivity index is 4.51. The monoisotopic (exact) mass is 903 g/mol. The molecular weight excluding hydrogens is 805 g/mol. The van der Waals surface area contributed by atoms with Crippen molar-refractivity contribution in [1.82, 2.24) is 0 Å². The van der Waals surface area contributed by atoms with Crippen molar-refractivity contribution in [2.45, 2.75) is 245 Å². The van der Waals surface area contributed by atoms with Gasteiger partial charge in [0.25, 0.3) is 0 Å². The van der Waals surface area contributed by atoms with Crippen LogP contribution in [-0.2, 0) is 28.6 Å². The molecule has 0 bridgehead atoms. The summed E-state index contributed by atoms with van der Waals surface area (Å²) >= 11 is 0. The maximum atomic E-state index is 12.8. The smallest absolute Gasteiger partial charge is 0.306 e. The third-order valence-electron chi connectivity index (χ3n) is 11.1. The summed E-state index contributed by atoms with van der Waals surface area (Å²) in [6.45, 7) is 6.43. The lowest BCUT2D eigenvalue weighted by Gasteiger charge is -2.18. The molecule has 0 radical (unpaired) electrons. The second kappa shape index (κ2) is 52.9. The van der Waals surface area contributed by atoms with Gasteiger partial charge in [0, 0.05) is 19.3 Å². The standard InChI is InChI=1S/C59H98O6/c1-4-7-10-13-16-19-22-24-26-28-29-31-32-34-37-40-43-46-49-52-58(61)64-55-56(54-63-57(60)51-48-45-42-39-36-21-18-15-12-9-6-3)65-59(62)53-50-47-44-41-38-35-33-30-27-25-23-20-17-14-11-8-5-2/h7,10,16,19,24-27,29,31,33-35,37,41,44,56H,4-6,8-9,11-15,17-18,20-23,28,30,32,36,38-40,42-43,45-55H2,1-3H3/b10-7-,19-16-,26-24-,27-25-,31-29-,35-33-,37-34-,44-41-. The summed E-state index contributed by atoms with van der Waals surface area (Å²) in [5, 5.41) is 0. The van der Waals surface area contributed by atoms with Crippen LogP contribution in [-0.4, -0.2) is 37.2 Å². The van der Waals surface area contributed by atoms with Gasteiger partial charge in [0.1, 0.15) is 13.2 Å². The highest BCUT2D eigenvalue weighted by molar-refractivity contribution is 5.71. The van der Waals surface area contributed by atoms with Crippen LogP contribution >= 0.6 is 0 Å². The van der Waals surface area contributed by atoms with Crippen LogP contribution in [0.1, 0.15) is 239 Å². The van der Waals surface area contributed by atoms with Crippen molar-refractivity contribution in [3.05, 3.63) is 97.2 Å². The van der Waals surface area contributed by atoms with Gasteiger partial charge in [0.05, 0.1) is 0 Å². The third-order valence-corrected chi connectivity index (χ3v) is 11.1. The van der Waals surface area contributed by atoms with Gasteiger partial charge in [-0.15, -0.1) is 0 Å². The number of rotatable bonds is 47. The van der Waals surface area contributed by atoms with Gasteiger partial charge >= 0.3 is 17.9 Å². The quantitative estimate of drug-likeness (QED) is 0.0262. The van der Waals surface area contributed by atoms with Crippen LogP contribution in [0.25, 0.3) is 0 Å². The van der Waals surface area contributed by atoms with E-state index in [-0.39, 0.29) is 37.5 Å². The van der Waals surface area contributed by atoms with E-state index in [2.05, 4.69) is 118 Å². The molecule has 0 aliphatic rings. The molecule has 0 aliphatic carbocycles. The first-order chi connectivity index (χ1) is 32.0. The van der Waals surface area contributed by atoms with Crippen LogP contribution in [0.4, 0.5) is 0 Å². The first kappa shape index (κ1) is 61.3. The molecule has 1 unspecified atom stereocenters. The molecule has 0 heterocycles. The third kappa shape index (κ3) is 51.2. The highest BCUT2D eigenvalue weighted by atomic mass is 16.6. The largest absolute Gasteiger partial charge is 0.462 e. The van der Waals surface area contributed by atoms with Gasteiger partial charge in [0.2, 0.25) is 0 Å². The Morgan fingerprint density at radius 3 is 1.00 bits per heavy atom. The molecule has 0 saturated heterocycles. The normalized spacial score (nSPS) is 12.8. The van der Waals surface area contributed by atoms with Crippen molar-refractivity contribution in [3.8, 4) is 0 Å². The highest BCUT2D eigenvalue weighted by Gasteiger charge is 2.19. The van der Waals surface area contributed by atoms with Crippen molar-refractivity contribution >= 4 is 17.9 Å². The summed E-state index contributed by atoms with van der Waals surface area (Å²) in [5.41, 5.74) is 0. The molecule has 0 rings (SSSR count). The van der Waals surface area contributed by atoms with Crippen molar-refractivity contribution in [2.75, 3.05) is 13.2 Å². The number of hydrogen-bond acceptors (Lipinski definition) is 6. The van der Waals surface area contributed by atoms with Gasteiger partial charge < -0.3 is 14.2 Å². The Bertz CT molecular complexity index is 1310. The van der Waals surface area contributed by atoms with Gasteiger partial charge in [-0.2, -0.15) is 0 Å². The molecule has 0 aromatic heterocycles. The minimum atomic E-state index is -0.816. The van der Waals surface area contributed by atoms with Gasteiger partial charge in [-0.1, -0.05) is 221 Å². The average Bonchev–Trinajstić information content (AvgIpc) is 3.30. The van der Waals surface area contributed by atoms with Crippen molar-refractivity contribution in [3.63, 3.8) is 0 Å². The van der Waals surface area contributed by atoms with E-state index in [0.29, 0.717) is 19.3 Å². The van der Waals surface area contributed by atoms with E-state index in [1.54, 1.807) is 0 Å². The van der Waals surface area contributed by atoms with Gasteiger partial charge in [0.15, 0.2) is 6.10 Å². The van der Waals surface area contributed by atoms with Crippen LogP contribution in [0.3, 0.4) is 0 Å². The maximum Gasteiger partial charge on any atom is 0.306 e. The summed E-state index contributed by atoms with van der Waals surface area (Å²) in [6, 6.07) is 0. The zero-order valence-corrected chi connectivity index (χ0v) is 42.2. The van der Waals surface area contributed by atoms with Crippen LogP contribution in [0.5, 0.6) is 0 Å². The van der Waals surface area contributed by atoms with Crippen LogP contribution in [0.2, 0.25) is 0 Å². The van der Waals surface area contributed by atoms with Crippen molar-refractivity contribution < 1.29 is 28.6 Å². The number of carbonyl (C=O) groups is 3. The van der Waals surface area contributed by atoms with E-state index in [1.807, 2.05) is 0 Å². The van der Waals surface area contributed by atoms with E-state index >= 15 is 0 Å². The molecule has 65 heavy (non-hydrogen) atoms. The van der Waals surface area contributed by atoms with E-state index < -0.39 is 6.10 Å². The molecule has 0 spiro atoms. The highest BCUT2D eigenvalue weighted by Crippen LogP contribution is 2.14. The Morgan fingerprint density at radius 1 is 0.323 bits per heavy atom. The second-order valence-corrected chi connectivity index (χ2v) is 17.4. The summed E-state index contributed by atoms with van der Waals surface area (Å²) in [6.07, 6.45) is 69.7. The molecule has 0 saturated carbocycles. The number of esters is 3. The van der Waals surface area contributed by atoms with E-state index in [1.165, 1.54) is 96.3 Å². The first-order valence-corrected chi connectivity index (χ1v) is 26.7. The Morgan fingerprint density at radius 2 is 0.615 bits per heavy atom. The first-order valence-electron chi connectivity index (χ1n) is 26.7. The fourth-order valence-electron chi connectivity index (χ4n) is 7.07. The molecule has 6 heteroatoms. The second-order valence-electron chi connectivity index (χ2n) is 17.4. The fraction of sp³-hybridized carbons (Fsp3) is 0.678. The zero-order valence-electron chi connectivity index (χ0n) is 42.2.